The summed E-state index contributed by atoms with van der Waals surface area (Å²) in [6.07, 6.45) is 0. The highest BCUT2D eigenvalue weighted by Gasteiger charge is 2.19. The van der Waals surface area contributed by atoms with Crippen molar-refractivity contribution in [3.05, 3.63) is 169 Å². The SMILES string of the molecule is Cc1ccc(-c2csc3ccccc23)c(-n2c3ccccc3c3cc(-c4ccc5c(c4)c4ccccc4n5-c4ccccc4)ccc32)c1. The van der Waals surface area contributed by atoms with Crippen molar-refractivity contribution in [1.82, 2.24) is 9.13 Å². The molecule has 0 saturated heterocycles. The Balaban J connectivity index is 1.19. The highest BCUT2D eigenvalue weighted by Crippen LogP contribution is 2.42. The summed E-state index contributed by atoms with van der Waals surface area (Å²) in [5, 5.41) is 8.68. The minimum absolute atomic E-state index is 1.18. The molecule has 0 atom stereocenters. The molecule has 7 aromatic carbocycles. The zero-order valence-corrected chi connectivity index (χ0v) is 27.2. The Kier molecular flexibility index (Phi) is 5.99. The highest BCUT2D eigenvalue weighted by atomic mass is 32.1. The Labute approximate surface area is 282 Å². The van der Waals surface area contributed by atoms with Crippen LogP contribution in [0.5, 0.6) is 0 Å². The number of hydrogen-bond acceptors (Lipinski definition) is 1. The van der Waals surface area contributed by atoms with E-state index in [0.29, 0.717) is 0 Å². The van der Waals surface area contributed by atoms with Crippen LogP contribution in [0.3, 0.4) is 0 Å². The first kappa shape index (κ1) is 27.2. The normalized spacial score (nSPS) is 11.9. The number of nitrogens with zero attached hydrogens (tertiary/aromatic N) is 2. The molecule has 3 aromatic heterocycles. The van der Waals surface area contributed by atoms with E-state index in [-0.39, 0.29) is 0 Å². The van der Waals surface area contributed by atoms with Crippen LogP contribution in [0, 0.1) is 6.92 Å². The van der Waals surface area contributed by atoms with Crippen LogP contribution in [0.4, 0.5) is 0 Å². The summed E-state index contributed by atoms with van der Waals surface area (Å²) in [7, 11) is 0. The van der Waals surface area contributed by atoms with E-state index in [4.69, 9.17) is 0 Å². The van der Waals surface area contributed by atoms with Gasteiger partial charge in [-0.25, -0.2) is 0 Å². The first-order valence-corrected chi connectivity index (χ1v) is 17.3. The maximum atomic E-state index is 2.47. The average molecular weight is 631 g/mol. The third kappa shape index (κ3) is 4.05. The number of benzene rings is 7. The standard InChI is InChI=1S/C45H30N2S/c1-29-19-22-35(39-28-48-45-18-10-7-15-36(39)45)44(25-29)47-41-17-9-6-14-34(41)38-27-31(21-24-43(38)47)30-20-23-42-37(26-30)33-13-5-8-16-40(33)46(42)32-11-3-2-4-12-32/h2-28H,1H3. The second-order valence-electron chi connectivity index (χ2n) is 12.7. The van der Waals surface area contributed by atoms with Crippen LogP contribution in [0.15, 0.2) is 163 Å². The van der Waals surface area contributed by atoms with E-state index in [2.05, 4.69) is 179 Å². The van der Waals surface area contributed by atoms with Crippen molar-refractivity contribution in [2.45, 2.75) is 6.92 Å². The lowest BCUT2D eigenvalue weighted by Crippen LogP contribution is -1.98. The van der Waals surface area contributed by atoms with Crippen molar-refractivity contribution in [2.24, 2.45) is 0 Å². The molecule has 0 aliphatic carbocycles. The van der Waals surface area contributed by atoms with Gasteiger partial charge in [0.15, 0.2) is 0 Å². The van der Waals surface area contributed by atoms with Crippen LogP contribution in [0.2, 0.25) is 0 Å². The van der Waals surface area contributed by atoms with E-state index in [1.165, 1.54) is 92.9 Å². The molecule has 0 amide bonds. The second kappa shape index (κ2) is 10.6. The van der Waals surface area contributed by atoms with Gasteiger partial charge in [-0.3, -0.25) is 0 Å². The van der Waals surface area contributed by atoms with Crippen molar-refractivity contribution in [1.29, 1.82) is 0 Å². The minimum atomic E-state index is 1.18. The molecule has 0 spiro atoms. The molecule has 0 unspecified atom stereocenters. The highest BCUT2D eigenvalue weighted by molar-refractivity contribution is 7.17. The van der Waals surface area contributed by atoms with E-state index in [0.717, 1.165) is 0 Å². The lowest BCUT2D eigenvalue weighted by molar-refractivity contribution is 1.17. The quantitative estimate of drug-likeness (QED) is 0.183. The van der Waals surface area contributed by atoms with Gasteiger partial charge in [0.25, 0.3) is 0 Å². The van der Waals surface area contributed by atoms with Gasteiger partial charge in [0.2, 0.25) is 0 Å². The summed E-state index contributed by atoms with van der Waals surface area (Å²) in [6, 6.07) is 57.8. The van der Waals surface area contributed by atoms with E-state index >= 15 is 0 Å². The van der Waals surface area contributed by atoms with E-state index < -0.39 is 0 Å². The fraction of sp³-hybridized carbons (Fsp3) is 0.0222. The van der Waals surface area contributed by atoms with Crippen molar-refractivity contribution in [3.8, 4) is 33.6 Å². The molecule has 0 saturated carbocycles. The Bertz CT molecular complexity index is 2850. The first-order chi connectivity index (χ1) is 23.7. The van der Waals surface area contributed by atoms with Crippen molar-refractivity contribution in [2.75, 3.05) is 0 Å². The molecule has 0 aliphatic heterocycles. The molecule has 0 aliphatic rings. The molecule has 0 N–H and O–H groups in total. The van der Waals surface area contributed by atoms with Gasteiger partial charge < -0.3 is 9.13 Å². The maximum Gasteiger partial charge on any atom is 0.0543 e. The van der Waals surface area contributed by atoms with Gasteiger partial charge in [0.05, 0.1) is 27.8 Å². The Hall–Kier alpha value is -5.90. The van der Waals surface area contributed by atoms with Gasteiger partial charge in [-0.2, -0.15) is 0 Å². The van der Waals surface area contributed by atoms with Gasteiger partial charge in [-0.1, -0.05) is 97.1 Å². The zero-order chi connectivity index (χ0) is 31.8. The smallest absolute Gasteiger partial charge is 0.0543 e. The van der Waals surface area contributed by atoms with Crippen LogP contribution < -0.4 is 0 Å². The molecule has 3 heterocycles. The molecule has 226 valence electrons. The number of thiophene rings is 1. The Morgan fingerprint density at radius 2 is 0.979 bits per heavy atom. The van der Waals surface area contributed by atoms with Crippen LogP contribution in [-0.4, -0.2) is 9.13 Å². The topological polar surface area (TPSA) is 9.86 Å². The molecule has 10 rings (SSSR count). The monoisotopic (exact) mass is 630 g/mol. The van der Waals surface area contributed by atoms with Crippen LogP contribution in [-0.2, 0) is 0 Å². The van der Waals surface area contributed by atoms with E-state index in [1.807, 2.05) is 11.3 Å². The lowest BCUT2D eigenvalue weighted by atomic mass is 10.00. The molecule has 0 fully saturated rings. The summed E-state index contributed by atoms with van der Waals surface area (Å²) in [5.74, 6) is 0. The molecule has 48 heavy (non-hydrogen) atoms. The van der Waals surface area contributed by atoms with Crippen LogP contribution in [0.1, 0.15) is 5.56 Å². The van der Waals surface area contributed by atoms with Crippen molar-refractivity contribution < 1.29 is 0 Å². The van der Waals surface area contributed by atoms with Gasteiger partial charge in [0.1, 0.15) is 0 Å². The fourth-order valence-electron chi connectivity index (χ4n) is 7.66. The summed E-state index contributed by atoms with van der Waals surface area (Å²) in [4.78, 5) is 0. The van der Waals surface area contributed by atoms with Gasteiger partial charge in [-0.15, -0.1) is 11.3 Å². The number of para-hydroxylation sites is 3. The zero-order valence-electron chi connectivity index (χ0n) is 26.4. The summed E-state index contributed by atoms with van der Waals surface area (Å²) >= 11 is 1.82. The predicted molar refractivity (Wildman–Crippen MR) is 206 cm³/mol. The fourth-order valence-corrected chi connectivity index (χ4v) is 8.62. The van der Waals surface area contributed by atoms with Gasteiger partial charge in [0, 0.05) is 48.4 Å². The number of rotatable bonds is 4. The summed E-state index contributed by atoms with van der Waals surface area (Å²) in [6.45, 7) is 2.19. The Morgan fingerprint density at radius 1 is 0.417 bits per heavy atom. The van der Waals surface area contributed by atoms with Gasteiger partial charge in [-0.05, 0) is 89.7 Å². The predicted octanol–water partition coefficient (Wildman–Crippen LogP) is 12.7. The molecule has 3 heteroatoms. The van der Waals surface area contributed by atoms with Crippen molar-refractivity contribution in [3.63, 3.8) is 0 Å². The Morgan fingerprint density at radius 3 is 1.69 bits per heavy atom. The molecule has 0 bridgehead atoms. The summed E-state index contributed by atoms with van der Waals surface area (Å²) < 4.78 is 6.16. The molecular weight excluding hydrogens is 601 g/mol. The van der Waals surface area contributed by atoms with E-state index in [1.54, 1.807) is 0 Å². The number of aromatic nitrogens is 2. The third-order valence-electron chi connectivity index (χ3n) is 9.86. The molecule has 2 nitrogen and oxygen atoms in total. The summed E-state index contributed by atoms with van der Waals surface area (Å²) in [5.41, 5.74) is 13.5. The van der Waals surface area contributed by atoms with E-state index in [9.17, 15) is 0 Å². The average Bonchev–Trinajstić information content (AvgIpc) is 3.82. The molecular formula is C45H30N2S. The van der Waals surface area contributed by atoms with Crippen LogP contribution >= 0.6 is 11.3 Å². The molecule has 0 radical (unpaired) electrons. The lowest BCUT2D eigenvalue weighted by Gasteiger charge is -2.15. The third-order valence-corrected chi connectivity index (χ3v) is 10.8. The second-order valence-corrected chi connectivity index (χ2v) is 13.6. The van der Waals surface area contributed by atoms with Crippen LogP contribution in [0.25, 0.3) is 87.3 Å². The molecule has 10 aromatic rings. The largest absolute Gasteiger partial charge is 0.309 e. The minimum Gasteiger partial charge on any atom is -0.309 e. The van der Waals surface area contributed by atoms with Crippen molar-refractivity contribution >= 4 is 65.0 Å². The van der Waals surface area contributed by atoms with Gasteiger partial charge >= 0.3 is 0 Å². The number of fused-ring (bicyclic) bond motifs is 7. The first-order valence-electron chi connectivity index (χ1n) is 16.4. The number of hydrogen-bond donors (Lipinski definition) is 0. The maximum absolute atomic E-state index is 2.47. The number of aryl methyl sites for hydroxylation is 1.